The van der Waals surface area contributed by atoms with Crippen LogP contribution in [0.4, 0.5) is 4.39 Å². The normalized spacial score (nSPS) is 17.0. The number of hydrogen-bond acceptors (Lipinski definition) is 4. The maximum atomic E-state index is 14.3. The number of β-amino-alcohol motifs (C(OH)–C–C–N with tert-alkyl or cyclic N) is 1. The van der Waals surface area contributed by atoms with Crippen LogP contribution >= 0.6 is 0 Å². The van der Waals surface area contributed by atoms with Crippen molar-refractivity contribution in [1.82, 2.24) is 19.6 Å². The summed E-state index contributed by atoms with van der Waals surface area (Å²) < 4.78 is 15.7. The zero-order chi connectivity index (χ0) is 17.1. The first-order valence-corrected chi connectivity index (χ1v) is 8.04. The molecule has 1 amide bonds. The molecule has 0 radical (unpaired) electrons. The molecule has 1 aliphatic heterocycles. The second-order valence-corrected chi connectivity index (χ2v) is 6.06. The number of piperazine rings is 1. The molecule has 0 aliphatic carbocycles. The number of amides is 1. The summed E-state index contributed by atoms with van der Waals surface area (Å²) >= 11 is 0. The van der Waals surface area contributed by atoms with Gasteiger partial charge < -0.3 is 10.0 Å². The van der Waals surface area contributed by atoms with E-state index in [4.69, 9.17) is 0 Å². The summed E-state index contributed by atoms with van der Waals surface area (Å²) in [4.78, 5) is 16.4. The van der Waals surface area contributed by atoms with Gasteiger partial charge in [-0.3, -0.25) is 9.69 Å². The Kier molecular flexibility index (Phi) is 4.92. The van der Waals surface area contributed by atoms with Gasteiger partial charge in [0.15, 0.2) is 0 Å². The zero-order valence-electron chi connectivity index (χ0n) is 13.6. The molecule has 128 valence electrons. The Morgan fingerprint density at radius 2 is 2.08 bits per heavy atom. The van der Waals surface area contributed by atoms with E-state index in [0.29, 0.717) is 44.0 Å². The summed E-state index contributed by atoms with van der Waals surface area (Å²) in [5.41, 5.74) is 0.658. The maximum absolute atomic E-state index is 14.3. The van der Waals surface area contributed by atoms with Gasteiger partial charge in [0.25, 0.3) is 5.91 Å². The second-order valence-electron chi connectivity index (χ2n) is 6.06. The fraction of sp³-hybridized carbons (Fsp3) is 0.412. The van der Waals surface area contributed by atoms with E-state index in [1.807, 2.05) is 0 Å². The van der Waals surface area contributed by atoms with E-state index in [2.05, 4.69) is 10.00 Å². The van der Waals surface area contributed by atoms with E-state index in [9.17, 15) is 14.3 Å². The number of hydrogen-bond donors (Lipinski definition) is 1. The van der Waals surface area contributed by atoms with Gasteiger partial charge in [-0.2, -0.15) is 5.10 Å². The number of nitrogens with zero attached hydrogens (tertiary/aromatic N) is 4. The van der Waals surface area contributed by atoms with Gasteiger partial charge in [-0.05, 0) is 31.2 Å². The number of rotatable bonds is 4. The number of aromatic nitrogens is 2. The van der Waals surface area contributed by atoms with Gasteiger partial charge >= 0.3 is 0 Å². The fourth-order valence-corrected chi connectivity index (χ4v) is 2.93. The molecular formula is C17H21FN4O2. The Morgan fingerprint density at radius 1 is 1.33 bits per heavy atom. The highest BCUT2D eigenvalue weighted by molar-refractivity contribution is 5.94. The van der Waals surface area contributed by atoms with E-state index >= 15 is 0 Å². The molecule has 7 heteroatoms. The molecule has 0 saturated carbocycles. The smallest absolute Gasteiger partial charge is 0.254 e. The summed E-state index contributed by atoms with van der Waals surface area (Å²) in [5, 5.41) is 13.4. The number of carbonyl (C=O) groups is 1. The third-order valence-electron chi connectivity index (χ3n) is 4.13. The topological polar surface area (TPSA) is 61.6 Å². The van der Waals surface area contributed by atoms with E-state index in [1.165, 1.54) is 10.7 Å². The minimum Gasteiger partial charge on any atom is -0.392 e. The molecule has 2 aromatic rings. The van der Waals surface area contributed by atoms with Crippen molar-refractivity contribution in [2.75, 3.05) is 32.7 Å². The lowest BCUT2D eigenvalue weighted by molar-refractivity contribution is 0.0553. The van der Waals surface area contributed by atoms with Gasteiger partial charge in [0.05, 0.1) is 6.10 Å². The van der Waals surface area contributed by atoms with Crippen LogP contribution < -0.4 is 0 Å². The molecule has 1 unspecified atom stereocenters. The average molecular weight is 332 g/mol. The summed E-state index contributed by atoms with van der Waals surface area (Å²) in [7, 11) is 0. The Balaban J connectivity index is 1.67. The van der Waals surface area contributed by atoms with Crippen molar-refractivity contribution in [1.29, 1.82) is 0 Å². The van der Waals surface area contributed by atoms with Crippen molar-refractivity contribution in [3.8, 4) is 5.69 Å². The molecule has 0 spiro atoms. The molecule has 2 heterocycles. The number of halogens is 1. The van der Waals surface area contributed by atoms with Gasteiger partial charge in [0, 0.05) is 50.7 Å². The number of carbonyl (C=O) groups excluding carboxylic acids is 1. The Bertz CT molecular complexity index is 695. The predicted molar refractivity (Wildman–Crippen MR) is 87.5 cm³/mol. The van der Waals surface area contributed by atoms with Gasteiger partial charge in [-0.1, -0.05) is 0 Å². The average Bonchev–Trinajstić information content (AvgIpc) is 3.08. The first-order valence-electron chi connectivity index (χ1n) is 8.04. The first kappa shape index (κ1) is 16.6. The Morgan fingerprint density at radius 3 is 2.67 bits per heavy atom. The highest BCUT2D eigenvalue weighted by Crippen LogP contribution is 2.16. The van der Waals surface area contributed by atoms with Crippen molar-refractivity contribution in [2.45, 2.75) is 13.0 Å². The highest BCUT2D eigenvalue weighted by atomic mass is 19.1. The summed E-state index contributed by atoms with van der Waals surface area (Å²) in [6.07, 6.45) is 2.85. The van der Waals surface area contributed by atoms with Crippen LogP contribution in [0.2, 0.25) is 0 Å². The lowest BCUT2D eigenvalue weighted by Gasteiger charge is -2.35. The number of aliphatic hydroxyl groups is 1. The Hall–Kier alpha value is -2.25. The summed E-state index contributed by atoms with van der Waals surface area (Å²) in [5.74, 6) is -0.644. The molecule has 1 aliphatic rings. The molecule has 1 aromatic carbocycles. The minimum atomic E-state index is -0.475. The minimum absolute atomic E-state index is 0.169. The van der Waals surface area contributed by atoms with E-state index < -0.39 is 5.82 Å². The van der Waals surface area contributed by atoms with Crippen LogP contribution in [0.25, 0.3) is 5.69 Å². The van der Waals surface area contributed by atoms with Crippen LogP contribution in [0.3, 0.4) is 0 Å². The third kappa shape index (κ3) is 3.63. The molecule has 1 saturated heterocycles. The van der Waals surface area contributed by atoms with E-state index in [0.717, 1.165) is 0 Å². The highest BCUT2D eigenvalue weighted by Gasteiger charge is 2.23. The predicted octanol–water partition coefficient (Wildman–Crippen LogP) is 1.15. The SMILES string of the molecule is CC(O)CN1CCN(C(=O)c2ccc(-n3cccn3)c(F)c2)CC1. The van der Waals surface area contributed by atoms with Crippen molar-refractivity contribution in [3.63, 3.8) is 0 Å². The molecule has 1 N–H and O–H groups in total. The van der Waals surface area contributed by atoms with E-state index in [-0.39, 0.29) is 12.0 Å². The van der Waals surface area contributed by atoms with Crippen molar-refractivity contribution in [2.24, 2.45) is 0 Å². The second kappa shape index (κ2) is 7.11. The fourth-order valence-electron chi connectivity index (χ4n) is 2.93. The zero-order valence-corrected chi connectivity index (χ0v) is 13.6. The third-order valence-corrected chi connectivity index (χ3v) is 4.13. The lowest BCUT2D eigenvalue weighted by atomic mass is 10.1. The monoisotopic (exact) mass is 332 g/mol. The van der Waals surface area contributed by atoms with E-state index in [1.54, 1.807) is 42.4 Å². The number of benzene rings is 1. The summed E-state index contributed by atoms with van der Waals surface area (Å²) in [6, 6.07) is 6.18. The van der Waals surface area contributed by atoms with Crippen LogP contribution in [0.5, 0.6) is 0 Å². The summed E-state index contributed by atoms with van der Waals surface area (Å²) in [6.45, 7) is 4.94. The van der Waals surface area contributed by atoms with Crippen LogP contribution in [-0.4, -0.2) is 69.4 Å². The molecule has 1 fully saturated rings. The van der Waals surface area contributed by atoms with Crippen LogP contribution in [0.1, 0.15) is 17.3 Å². The Labute approximate surface area is 140 Å². The molecule has 1 atom stereocenters. The lowest BCUT2D eigenvalue weighted by Crippen LogP contribution is -2.50. The van der Waals surface area contributed by atoms with Crippen molar-refractivity contribution >= 4 is 5.91 Å². The standard InChI is InChI=1S/C17H21FN4O2/c1-13(23)12-20-7-9-21(10-8-20)17(24)14-3-4-16(15(18)11-14)22-6-2-5-19-22/h2-6,11,13,23H,7-10,12H2,1H3. The van der Waals surface area contributed by atoms with Gasteiger partial charge in [-0.25, -0.2) is 9.07 Å². The van der Waals surface area contributed by atoms with Crippen molar-refractivity contribution in [3.05, 3.63) is 48.0 Å². The van der Waals surface area contributed by atoms with Crippen LogP contribution in [0.15, 0.2) is 36.7 Å². The molecule has 0 bridgehead atoms. The van der Waals surface area contributed by atoms with Crippen LogP contribution in [-0.2, 0) is 0 Å². The molecule has 6 nitrogen and oxygen atoms in total. The molecule has 3 rings (SSSR count). The van der Waals surface area contributed by atoms with Gasteiger partial charge in [-0.15, -0.1) is 0 Å². The largest absolute Gasteiger partial charge is 0.392 e. The van der Waals surface area contributed by atoms with Gasteiger partial charge in [0.2, 0.25) is 0 Å². The van der Waals surface area contributed by atoms with Gasteiger partial charge in [0.1, 0.15) is 11.5 Å². The van der Waals surface area contributed by atoms with Crippen LogP contribution in [0, 0.1) is 5.82 Å². The number of aliphatic hydroxyl groups excluding tert-OH is 1. The quantitative estimate of drug-likeness (QED) is 0.912. The van der Waals surface area contributed by atoms with Crippen molar-refractivity contribution < 1.29 is 14.3 Å². The molecule has 24 heavy (non-hydrogen) atoms. The maximum Gasteiger partial charge on any atom is 0.254 e. The molecule has 1 aromatic heterocycles. The molecular weight excluding hydrogens is 311 g/mol. The first-order chi connectivity index (χ1) is 11.5.